The van der Waals surface area contributed by atoms with E-state index in [4.69, 9.17) is 0 Å². The number of rotatable bonds is 3. The molecule has 0 aliphatic heterocycles. The van der Waals surface area contributed by atoms with Crippen molar-refractivity contribution in [2.75, 3.05) is 5.32 Å². The van der Waals surface area contributed by atoms with Gasteiger partial charge in [-0.15, -0.1) is 11.3 Å². The minimum absolute atomic E-state index is 0.157. The molecule has 0 aromatic carbocycles. The van der Waals surface area contributed by atoms with Crippen LogP contribution in [0.4, 0.5) is 5.82 Å². The van der Waals surface area contributed by atoms with Gasteiger partial charge in [0.1, 0.15) is 5.82 Å². The predicted octanol–water partition coefficient (Wildman–Crippen LogP) is 4.82. The summed E-state index contributed by atoms with van der Waals surface area (Å²) in [5.41, 5.74) is 1.41. The van der Waals surface area contributed by atoms with Crippen LogP contribution in [-0.4, -0.2) is 4.98 Å². The molecule has 0 saturated carbocycles. The Hall–Kier alpha value is -0.870. The molecule has 0 bridgehead atoms. The molecule has 0 unspecified atom stereocenters. The van der Waals surface area contributed by atoms with Crippen LogP contribution in [0.5, 0.6) is 0 Å². The van der Waals surface area contributed by atoms with E-state index in [-0.39, 0.29) is 5.41 Å². The number of nitrogens with zero attached hydrogens (tertiary/aromatic N) is 1. The molecule has 2 heterocycles. The van der Waals surface area contributed by atoms with Crippen molar-refractivity contribution in [1.29, 1.82) is 0 Å². The van der Waals surface area contributed by atoms with Gasteiger partial charge in [0.25, 0.3) is 0 Å². The minimum atomic E-state index is 0.157. The summed E-state index contributed by atoms with van der Waals surface area (Å²) in [6.07, 6.45) is 1.95. The largest absolute Gasteiger partial charge is 0.365 e. The lowest BCUT2D eigenvalue weighted by molar-refractivity contribution is 0.587. The van der Waals surface area contributed by atoms with Gasteiger partial charge in [0.15, 0.2) is 0 Å². The van der Waals surface area contributed by atoms with Gasteiger partial charge in [-0.05, 0) is 45.1 Å². The van der Waals surface area contributed by atoms with E-state index >= 15 is 0 Å². The molecule has 2 rings (SSSR count). The normalized spacial score (nSPS) is 11.6. The average Bonchev–Trinajstić information content (AvgIpc) is 2.72. The molecule has 2 aromatic heterocycles. The summed E-state index contributed by atoms with van der Waals surface area (Å²) in [7, 11) is 0. The van der Waals surface area contributed by atoms with Crippen LogP contribution in [0.2, 0.25) is 0 Å². The van der Waals surface area contributed by atoms with E-state index in [1.165, 1.54) is 10.4 Å². The number of hydrogen-bond donors (Lipinski definition) is 1. The molecular weight excluding hydrogens is 308 g/mol. The van der Waals surface area contributed by atoms with Crippen molar-refractivity contribution >= 4 is 33.1 Å². The molecule has 0 fully saturated rings. The first kappa shape index (κ1) is 13.6. The fraction of sp³-hybridized carbons (Fsp3) is 0.357. The zero-order valence-electron chi connectivity index (χ0n) is 10.8. The van der Waals surface area contributed by atoms with E-state index < -0.39 is 0 Å². The molecule has 0 saturated heterocycles. The number of anilines is 1. The maximum atomic E-state index is 4.45. The van der Waals surface area contributed by atoms with Gasteiger partial charge >= 0.3 is 0 Å². The predicted molar refractivity (Wildman–Crippen MR) is 82.3 cm³/mol. The lowest BCUT2D eigenvalue weighted by Gasteiger charge is -2.18. The Morgan fingerprint density at radius 3 is 2.50 bits per heavy atom. The smallest absolute Gasteiger partial charge is 0.126 e. The highest BCUT2D eigenvalue weighted by atomic mass is 79.9. The van der Waals surface area contributed by atoms with E-state index in [0.29, 0.717) is 0 Å². The second-order valence-corrected chi connectivity index (χ2v) is 7.79. The molecular formula is C14H17BrN2S. The van der Waals surface area contributed by atoms with Gasteiger partial charge in [0.2, 0.25) is 0 Å². The van der Waals surface area contributed by atoms with Crippen LogP contribution in [0.3, 0.4) is 0 Å². The SMILES string of the molecule is CC(C)(C)c1ccc(NCc2ccc(Br)s2)nc1. The third kappa shape index (κ3) is 3.56. The minimum Gasteiger partial charge on any atom is -0.365 e. The average molecular weight is 325 g/mol. The van der Waals surface area contributed by atoms with Crippen molar-refractivity contribution < 1.29 is 0 Å². The molecule has 0 aliphatic rings. The summed E-state index contributed by atoms with van der Waals surface area (Å²) in [4.78, 5) is 5.74. The summed E-state index contributed by atoms with van der Waals surface area (Å²) in [5, 5.41) is 3.33. The van der Waals surface area contributed by atoms with E-state index in [9.17, 15) is 0 Å². The quantitative estimate of drug-likeness (QED) is 0.875. The van der Waals surface area contributed by atoms with Crippen molar-refractivity contribution in [1.82, 2.24) is 4.98 Å². The topological polar surface area (TPSA) is 24.9 Å². The molecule has 1 N–H and O–H groups in total. The second-order valence-electron chi connectivity index (χ2n) is 5.24. The Bertz CT molecular complexity index is 511. The summed E-state index contributed by atoms with van der Waals surface area (Å²) < 4.78 is 1.16. The Labute approximate surface area is 121 Å². The van der Waals surface area contributed by atoms with Gasteiger partial charge < -0.3 is 5.32 Å². The molecule has 4 heteroatoms. The van der Waals surface area contributed by atoms with Gasteiger partial charge in [-0.3, -0.25) is 0 Å². The highest BCUT2D eigenvalue weighted by Crippen LogP contribution is 2.24. The zero-order valence-corrected chi connectivity index (χ0v) is 13.2. The van der Waals surface area contributed by atoms with Crippen LogP contribution in [0.1, 0.15) is 31.2 Å². The van der Waals surface area contributed by atoms with Crippen LogP contribution in [0, 0.1) is 0 Å². The molecule has 2 aromatic rings. The number of thiophene rings is 1. The maximum Gasteiger partial charge on any atom is 0.126 e. The van der Waals surface area contributed by atoms with Gasteiger partial charge in [-0.25, -0.2) is 4.98 Å². The molecule has 0 spiro atoms. The van der Waals surface area contributed by atoms with Crippen molar-refractivity contribution in [3.05, 3.63) is 44.7 Å². The highest BCUT2D eigenvalue weighted by molar-refractivity contribution is 9.11. The van der Waals surface area contributed by atoms with Crippen LogP contribution in [0.25, 0.3) is 0 Å². The standard InChI is InChI=1S/C14H17BrN2S/c1-14(2,3)10-4-7-13(16-8-10)17-9-11-5-6-12(15)18-11/h4-8H,9H2,1-3H3,(H,16,17). The van der Waals surface area contributed by atoms with Crippen molar-refractivity contribution in [2.45, 2.75) is 32.7 Å². The van der Waals surface area contributed by atoms with E-state index in [2.05, 4.69) is 65.2 Å². The lowest BCUT2D eigenvalue weighted by atomic mass is 9.88. The van der Waals surface area contributed by atoms with Crippen molar-refractivity contribution in [3.63, 3.8) is 0 Å². The van der Waals surface area contributed by atoms with E-state index in [0.717, 1.165) is 16.1 Å². The fourth-order valence-electron chi connectivity index (χ4n) is 1.57. The second kappa shape index (κ2) is 5.41. The Morgan fingerprint density at radius 2 is 2.00 bits per heavy atom. The summed E-state index contributed by atoms with van der Waals surface area (Å²) in [6, 6.07) is 8.37. The summed E-state index contributed by atoms with van der Waals surface area (Å²) in [6.45, 7) is 7.40. The van der Waals surface area contributed by atoms with Gasteiger partial charge in [-0.2, -0.15) is 0 Å². The molecule has 18 heavy (non-hydrogen) atoms. The molecule has 0 atom stereocenters. The van der Waals surface area contributed by atoms with Gasteiger partial charge in [0.05, 0.1) is 10.3 Å². The van der Waals surface area contributed by atoms with Crippen LogP contribution < -0.4 is 5.32 Å². The Balaban J connectivity index is 1.98. The number of halogens is 1. The van der Waals surface area contributed by atoms with Crippen LogP contribution in [-0.2, 0) is 12.0 Å². The zero-order chi connectivity index (χ0) is 13.2. The van der Waals surface area contributed by atoms with Crippen LogP contribution >= 0.6 is 27.3 Å². The third-order valence-electron chi connectivity index (χ3n) is 2.70. The van der Waals surface area contributed by atoms with Crippen molar-refractivity contribution in [3.8, 4) is 0 Å². The maximum absolute atomic E-state index is 4.45. The Kier molecular flexibility index (Phi) is 4.07. The number of nitrogens with one attached hydrogen (secondary N) is 1. The first-order valence-corrected chi connectivity index (χ1v) is 7.51. The molecule has 96 valence electrons. The fourth-order valence-corrected chi connectivity index (χ4v) is 2.99. The molecule has 0 radical (unpaired) electrons. The number of aromatic nitrogens is 1. The summed E-state index contributed by atoms with van der Waals surface area (Å²) >= 11 is 5.21. The first-order valence-electron chi connectivity index (χ1n) is 5.90. The monoisotopic (exact) mass is 324 g/mol. The molecule has 0 amide bonds. The Morgan fingerprint density at radius 1 is 1.22 bits per heavy atom. The van der Waals surface area contributed by atoms with Gasteiger partial charge in [-0.1, -0.05) is 26.8 Å². The number of hydrogen-bond acceptors (Lipinski definition) is 3. The first-order chi connectivity index (χ1) is 8.45. The summed E-state index contributed by atoms with van der Waals surface area (Å²) in [5.74, 6) is 0.924. The lowest BCUT2D eigenvalue weighted by Crippen LogP contribution is -2.11. The van der Waals surface area contributed by atoms with Gasteiger partial charge in [0, 0.05) is 11.1 Å². The third-order valence-corrected chi connectivity index (χ3v) is 4.33. The van der Waals surface area contributed by atoms with Crippen LogP contribution in [0.15, 0.2) is 34.2 Å². The van der Waals surface area contributed by atoms with E-state index in [1.807, 2.05) is 12.3 Å². The molecule has 2 nitrogen and oxygen atoms in total. The number of pyridine rings is 1. The van der Waals surface area contributed by atoms with Crippen molar-refractivity contribution in [2.24, 2.45) is 0 Å². The highest BCUT2D eigenvalue weighted by Gasteiger charge is 2.13. The molecule has 0 aliphatic carbocycles. The van der Waals surface area contributed by atoms with E-state index in [1.54, 1.807) is 11.3 Å².